The van der Waals surface area contributed by atoms with Crippen molar-refractivity contribution >= 4 is 35.1 Å². The summed E-state index contributed by atoms with van der Waals surface area (Å²) in [5.41, 5.74) is 7.40. The summed E-state index contributed by atoms with van der Waals surface area (Å²) in [6, 6.07) is 16.2. The van der Waals surface area contributed by atoms with Crippen LogP contribution in [0, 0.1) is 0 Å². The Balaban J connectivity index is 1.19. The van der Waals surface area contributed by atoms with Gasteiger partial charge in [-0.3, -0.25) is 9.69 Å². The number of hydrogen-bond donors (Lipinski definition) is 3. The number of nitrogens with one attached hydrogen (secondary N) is 2. The fraction of sp³-hybridized carbons (Fsp3) is 0.296. The van der Waals surface area contributed by atoms with Crippen molar-refractivity contribution in [3.05, 3.63) is 88.1 Å². The Hall–Kier alpha value is -3.00. The molecule has 7 heteroatoms. The molecule has 174 valence electrons. The molecule has 2 atom stereocenters. The first kappa shape index (κ1) is 21.5. The number of aryl methyl sites for hydroxylation is 1. The number of hydrogen-bond acceptors (Lipinski definition) is 6. The van der Waals surface area contributed by atoms with Crippen LogP contribution in [0.2, 0.25) is 0 Å². The second-order valence-corrected chi connectivity index (χ2v) is 10.2. The van der Waals surface area contributed by atoms with Crippen LogP contribution >= 0.6 is 11.8 Å². The highest BCUT2D eigenvalue weighted by Crippen LogP contribution is 2.38. The standard InChI is InChI=1S/C27H28N4O2S/c32-22-11-12-30(15-22)14-21-17-34-27-29-25(16-31(21)27)23-7-3-4-8-24(23)28-26(33)20-10-9-18-5-1-2-6-19(18)13-20/h1-8,13,16-17,22,27,29,32H,9-12,14-15H2,(H,28,33)/t22-,27?/m1/s1. The van der Waals surface area contributed by atoms with Crippen molar-refractivity contribution in [2.75, 3.05) is 25.0 Å². The summed E-state index contributed by atoms with van der Waals surface area (Å²) in [5.74, 6) is -0.0383. The number of aliphatic hydroxyl groups excluding tert-OH is 1. The number of fused-ring (bicyclic) bond motifs is 2. The summed E-state index contributed by atoms with van der Waals surface area (Å²) < 4.78 is 0. The molecule has 0 spiro atoms. The predicted molar refractivity (Wildman–Crippen MR) is 137 cm³/mol. The maximum absolute atomic E-state index is 13.1. The van der Waals surface area contributed by atoms with Crippen LogP contribution in [-0.4, -0.2) is 52.0 Å². The Morgan fingerprint density at radius 2 is 2.00 bits per heavy atom. The van der Waals surface area contributed by atoms with Crippen molar-refractivity contribution in [3.8, 4) is 0 Å². The van der Waals surface area contributed by atoms with Gasteiger partial charge in [0, 0.05) is 42.7 Å². The third-order valence-corrected chi connectivity index (χ3v) is 7.91. The number of anilines is 1. The van der Waals surface area contributed by atoms with E-state index in [4.69, 9.17) is 0 Å². The summed E-state index contributed by atoms with van der Waals surface area (Å²) in [7, 11) is 0. The van der Waals surface area contributed by atoms with E-state index in [1.165, 1.54) is 11.3 Å². The number of aliphatic hydroxyl groups is 1. The lowest BCUT2D eigenvalue weighted by Gasteiger charge is -2.23. The number of amides is 1. The second-order valence-electron chi connectivity index (χ2n) is 9.24. The van der Waals surface area contributed by atoms with Crippen LogP contribution in [0.3, 0.4) is 0 Å². The Morgan fingerprint density at radius 1 is 1.15 bits per heavy atom. The van der Waals surface area contributed by atoms with Crippen molar-refractivity contribution in [2.24, 2.45) is 0 Å². The number of rotatable bonds is 5. The number of carbonyl (C=O) groups is 1. The van der Waals surface area contributed by atoms with Crippen LogP contribution in [0.4, 0.5) is 5.69 Å². The number of thioether (sulfide) groups is 1. The van der Waals surface area contributed by atoms with Crippen molar-refractivity contribution in [1.29, 1.82) is 0 Å². The zero-order valence-corrected chi connectivity index (χ0v) is 19.7. The molecule has 2 aromatic rings. The first-order valence-corrected chi connectivity index (χ1v) is 12.8. The number of β-amino-alcohol motifs (C(OH)–C–C–N with tert-alkyl or cyclic N) is 1. The Labute approximate surface area is 204 Å². The molecule has 1 aliphatic carbocycles. The summed E-state index contributed by atoms with van der Waals surface area (Å²) in [6.45, 7) is 2.50. The summed E-state index contributed by atoms with van der Waals surface area (Å²) >= 11 is 1.75. The average molecular weight is 473 g/mol. The average Bonchev–Trinajstić information content (AvgIpc) is 3.56. The molecule has 4 aliphatic rings. The molecule has 1 saturated heterocycles. The monoisotopic (exact) mass is 472 g/mol. The van der Waals surface area contributed by atoms with Gasteiger partial charge in [-0.05, 0) is 47.9 Å². The van der Waals surface area contributed by atoms with E-state index in [0.717, 1.165) is 67.0 Å². The number of nitrogens with zero attached hydrogens (tertiary/aromatic N) is 2. The van der Waals surface area contributed by atoms with E-state index in [1.54, 1.807) is 11.8 Å². The Bertz CT molecular complexity index is 1220. The van der Waals surface area contributed by atoms with Gasteiger partial charge in [-0.25, -0.2) is 0 Å². The quantitative estimate of drug-likeness (QED) is 0.615. The smallest absolute Gasteiger partial charge is 0.251 e. The summed E-state index contributed by atoms with van der Waals surface area (Å²) in [5, 5.41) is 18.8. The van der Waals surface area contributed by atoms with E-state index in [0.29, 0.717) is 0 Å². The van der Waals surface area contributed by atoms with Gasteiger partial charge < -0.3 is 20.6 Å². The maximum atomic E-state index is 13.1. The van der Waals surface area contributed by atoms with Gasteiger partial charge in [0.25, 0.3) is 5.91 Å². The fourth-order valence-corrected chi connectivity index (χ4v) is 6.08. The number of para-hydroxylation sites is 1. The van der Waals surface area contributed by atoms with Gasteiger partial charge in [0.05, 0.1) is 17.5 Å². The molecule has 3 aliphatic heterocycles. The molecule has 3 heterocycles. The van der Waals surface area contributed by atoms with Gasteiger partial charge >= 0.3 is 0 Å². The van der Waals surface area contributed by atoms with Crippen LogP contribution in [0.25, 0.3) is 11.8 Å². The van der Waals surface area contributed by atoms with Crippen molar-refractivity contribution in [2.45, 2.75) is 30.9 Å². The zero-order valence-electron chi connectivity index (χ0n) is 18.9. The van der Waals surface area contributed by atoms with Gasteiger partial charge in [0.1, 0.15) is 0 Å². The number of likely N-dealkylation sites (tertiary alicyclic amines) is 1. The molecule has 3 N–H and O–H groups in total. The lowest BCUT2D eigenvalue weighted by Crippen LogP contribution is -2.33. The highest BCUT2D eigenvalue weighted by Gasteiger charge is 2.34. The lowest BCUT2D eigenvalue weighted by atomic mass is 9.92. The molecule has 1 unspecified atom stereocenters. The van der Waals surface area contributed by atoms with Crippen molar-refractivity contribution in [3.63, 3.8) is 0 Å². The van der Waals surface area contributed by atoms with Crippen LogP contribution in [0.1, 0.15) is 29.5 Å². The lowest BCUT2D eigenvalue weighted by molar-refractivity contribution is -0.112. The third kappa shape index (κ3) is 4.15. The van der Waals surface area contributed by atoms with Crippen molar-refractivity contribution < 1.29 is 9.90 Å². The number of carbonyl (C=O) groups excluding carboxylic acids is 1. The molecular weight excluding hydrogens is 444 g/mol. The summed E-state index contributed by atoms with van der Waals surface area (Å²) in [4.78, 5) is 17.7. The van der Waals surface area contributed by atoms with Gasteiger partial charge in [-0.2, -0.15) is 0 Å². The van der Waals surface area contributed by atoms with Crippen LogP contribution in [0.5, 0.6) is 0 Å². The topological polar surface area (TPSA) is 67.8 Å². The van der Waals surface area contributed by atoms with Gasteiger partial charge in [0.2, 0.25) is 0 Å². The van der Waals surface area contributed by atoms with Crippen LogP contribution in [-0.2, 0) is 11.2 Å². The SMILES string of the molecule is O=C(Nc1ccccc1C1=CN2C(CN3CC[C@@H](O)C3)=CSC2N1)C1=Cc2ccccc2CC1. The minimum Gasteiger partial charge on any atom is -0.392 e. The van der Waals surface area contributed by atoms with Gasteiger partial charge in [-0.1, -0.05) is 54.2 Å². The van der Waals surface area contributed by atoms with E-state index in [2.05, 4.69) is 50.2 Å². The van der Waals surface area contributed by atoms with E-state index >= 15 is 0 Å². The van der Waals surface area contributed by atoms with Crippen molar-refractivity contribution in [1.82, 2.24) is 15.1 Å². The van der Waals surface area contributed by atoms with Crippen LogP contribution in [0.15, 0.2) is 71.4 Å². The molecular formula is C27H28N4O2S. The predicted octanol–water partition coefficient (Wildman–Crippen LogP) is 3.80. The largest absolute Gasteiger partial charge is 0.392 e. The Kier molecular flexibility index (Phi) is 5.69. The highest BCUT2D eigenvalue weighted by atomic mass is 32.2. The Morgan fingerprint density at radius 3 is 2.88 bits per heavy atom. The molecule has 1 amide bonds. The maximum Gasteiger partial charge on any atom is 0.251 e. The second kappa shape index (κ2) is 8.98. The molecule has 1 fully saturated rings. The molecule has 34 heavy (non-hydrogen) atoms. The first-order valence-electron chi connectivity index (χ1n) is 11.8. The minimum atomic E-state index is -0.212. The van der Waals surface area contributed by atoms with Gasteiger partial charge in [-0.15, -0.1) is 0 Å². The normalized spacial score (nSPS) is 23.6. The molecule has 0 bridgehead atoms. The van der Waals surface area contributed by atoms with E-state index in [1.807, 2.05) is 36.4 Å². The highest BCUT2D eigenvalue weighted by molar-refractivity contribution is 8.02. The van der Waals surface area contributed by atoms with E-state index in [9.17, 15) is 9.90 Å². The molecule has 2 aromatic carbocycles. The fourth-order valence-electron chi connectivity index (χ4n) is 5.08. The molecule has 0 radical (unpaired) electrons. The minimum absolute atomic E-state index is 0.0383. The summed E-state index contributed by atoms with van der Waals surface area (Å²) in [6.07, 6.45) is 6.43. The van der Waals surface area contributed by atoms with Gasteiger partial charge in [0.15, 0.2) is 5.50 Å². The molecule has 6 nitrogen and oxygen atoms in total. The molecule has 0 aromatic heterocycles. The third-order valence-electron chi connectivity index (χ3n) is 6.90. The van der Waals surface area contributed by atoms with Crippen LogP contribution < -0.4 is 10.6 Å². The zero-order chi connectivity index (χ0) is 23.1. The number of benzene rings is 2. The molecule has 6 rings (SSSR count). The first-order chi connectivity index (χ1) is 16.6. The van der Waals surface area contributed by atoms with E-state index < -0.39 is 0 Å². The molecule has 0 saturated carbocycles. The van der Waals surface area contributed by atoms with E-state index in [-0.39, 0.29) is 17.5 Å².